The van der Waals surface area contributed by atoms with Crippen LogP contribution in [0, 0.1) is 0 Å². The van der Waals surface area contributed by atoms with E-state index in [0.717, 1.165) is 65.2 Å². The first-order chi connectivity index (χ1) is 15.5. The Balaban J connectivity index is 1.36. The molecule has 9 heteroatoms. The van der Waals surface area contributed by atoms with Gasteiger partial charge in [-0.25, -0.2) is 9.97 Å². The number of carbonyl (C=O) groups excluding carboxylic acids is 1. The quantitative estimate of drug-likeness (QED) is 0.478. The Bertz CT molecular complexity index is 1130. The average molecular weight is 488 g/mol. The van der Waals surface area contributed by atoms with Crippen molar-refractivity contribution in [3.8, 4) is 0 Å². The summed E-state index contributed by atoms with van der Waals surface area (Å²) in [5, 5.41) is 5.71. The highest BCUT2D eigenvalue weighted by molar-refractivity contribution is 7.98. The molecule has 0 bridgehead atoms. The number of likely N-dealkylation sites (tertiary alicyclic amines) is 1. The van der Waals surface area contributed by atoms with Gasteiger partial charge in [-0.2, -0.15) is 0 Å². The van der Waals surface area contributed by atoms with E-state index in [0.29, 0.717) is 18.3 Å². The maximum Gasteiger partial charge on any atom is 0.231 e. The van der Waals surface area contributed by atoms with Crippen molar-refractivity contribution in [1.29, 1.82) is 0 Å². The van der Waals surface area contributed by atoms with Crippen LogP contribution in [-0.2, 0) is 23.4 Å². The van der Waals surface area contributed by atoms with E-state index >= 15 is 0 Å². The van der Waals surface area contributed by atoms with Crippen molar-refractivity contribution in [2.24, 2.45) is 5.73 Å². The van der Waals surface area contributed by atoms with Gasteiger partial charge in [0.1, 0.15) is 16.5 Å². The Labute approximate surface area is 200 Å². The molecule has 1 aromatic carbocycles. The fourth-order valence-electron chi connectivity index (χ4n) is 4.54. The lowest BCUT2D eigenvalue weighted by molar-refractivity contribution is -0.119. The number of nitrogens with zero attached hydrogens (tertiary/aromatic N) is 3. The number of thiophene rings is 1. The molecule has 3 N–H and O–H groups in total. The van der Waals surface area contributed by atoms with Gasteiger partial charge >= 0.3 is 0 Å². The Kier molecular flexibility index (Phi) is 6.55. The lowest BCUT2D eigenvalue weighted by atomic mass is 10.0. The van der Waals surface area contributed by atoms with Crippen molar-refractivity contribution in [2.75, 3.05) is 25.0 Å². The zero-order valence-corrected chi connectivity index (χ0v) is 20.2. The van der Waals surface area contributed by atoms with Crippen LogP contribution in [0.25, 0.3) is 10.2 Å². The van der Waals surface area contributed by atoms with Gasteiger partial charge in [0.05, 0.1) is 17.7 Å². The highest BCUT2D eigenvalue weighted by Gasteiger charge is 2.25. The SMILES string of the molecule is NC(=O)CN1CCC(Nc2nc(CSc3ccc(Cl)cc3)nc3sc4c(c23)CCC4)CC1. The van der Waals surface area contributed by atoms with Crippen molar-refractivity contribution in [2.45, 2.75) is 48.8 Å². The number of thioether (sulfide) groups is 1. The summed E-state index contributed by atoms with van der Waals surface area (Å²) < 4.78 is 0. The van der Waals surface area contributed by atoms with Crippen LogP contribution >= 0.6 is 34.7 Å². The molecule has 1 fully saturated rings. The van der Waals surface area contributed by atoms with Crippen LogP contribution in [0.2, 0.25) is 5.02 Å². The fourth-order valence-corrected chi connectivity index (χ4v) is 6.70. The molecule has 2 aromatic heterocycles. The normalized spacial score (nSPS) is 17.0. The van der Waals surface area contributed by atoms with E-state index in [9.17, 15) is 4.79 Å². The second-order valence-electron chi connectivity index (χ2n) is 8.43. The number of fused-ring (bicyclic) bond motifs is 3. The number of hydrogen-bond acceptors (Lipinski definition) is 7. The number of anilines is 1. The molecule has 0 unspecified atom stereocenters. The summed E-state index contributed by atoms with van der Waals surface area (Å²) in [4.78, 5) is 27.0. The maximum atomic E-state index is 11.2. The van der Waals surface area contributed by atoms with Crippen molar-refractivity contribution in [1.82, 2.24) is 14.9 Å². The molecule has 5 rings (SSSR count). The van der Waals surface area contributed by atoms with Gasteiger partial charge in [0, 0.05) is 33.9 Å². The summed E-state index contributed by atoms with van der Waals surface area (Å²) >= 11 is 9.57. The molecule has 1 aliphatic heterocycles. The van der Waals surface area contributed by atoms with E-state index in [-0.39, 0.29) is 5.91 Å². The third-order valence-corrected chi connectivity index (χ3v) is 8.55. The third-order valence-electron chi connectivity index (χ3n) is 6.10. The number of aromatic nitrogens is 2. The average Bonchev–Trinajstić information content (AvgIpc) is 3.35. The molecule has 32 heavy (non-hydrogen) atoms. The number of nitrogens with one attached hydrogen (secondary N) is 1. The number of rotatable bonds is 7. The summed E-state index contributed by atoms with van der Waals surface area (Å²) in [6.45, 7) is 2.08. The van der Waals surface area contributed by atoms with E-state index in [1.165, 1.54) is 22.2 Å². The summed E-state index contributed by atoms with van der Waals surface area (Å²) in [6.07, 6.45) is 5.43. The van der Waals surface area contributed by atoms with E-state index in [4.69, 9.17) is 27.3 Å². The monoisotopic (exact) mass is 487 g/mol. The van der Waals surface area contributed by atoms with E-state index in [2.05, 4.69) is 10.2 Å². The van der Waals surface area contributed by atoms with E-state index in [1.807, 2.05) is 35.6 Å². The van der Waals surface area contributed by atoms with Crippen molar-refractivity contribution < 1.29 is 4.79 Å². The smallest absolute Gasteiger partial charge is 0.231 e. The van der Waals surface area contributed by atoms with Crippen LogP contribution in [0.15, 0.2) is 29.2 Å². The number of piperidine rings is 1. The van der Waals surface area contributed by atoms with Crippen molar-refractivity contribution in [3.63, 3.8) is 0 Å². The minimum absolute atomic E-state index is 0.259. The number of hydrogen-bond donors (Lipinski definition) is 2. The molecule has 0 atom stereocenters. The van der Waals surface area contributed by atoms with E-state index in [1.54, 1.807) is 11.8 Å². The molecule has 1 amide bonds. The topological polar surface area (TPSA) is 84.1 Å². The summed E-state index contributed by atoms with van der Waals surface area (Å²) in [7, 11) is 0. The van der Waals surface area contributed by atoms with Crippen molar-refractivity contribution in [3.05, 3.63) is 45.6 Å². The van der Waals surface area contributed by atoms with Gasteiger partial charge in [0.15, 0.2) is 0 Å². The molecule has 1 aliphatic carbocycles. The van der Waals surface area contributed by atoms with Crippen LogP contribution in [0.4, 0.5) is 5.82 Å². The number of amides is 1. The van der Waals surface area contributed by atoms with Crippen LogP contribution < -0.4 is 11.1 Å². The number of halogens is 1. The highest BCUT2D eigenvalue weighted by atomic mass is 35.5. The zero-order chi connectivity index (χ0) is 22.1. The van der Waals surface area contributed by atoms with Crippen LogP contribution in [0.5, 0.6) is 0 Å². The number of nitrogens with two attached hydrogens (primary N) is 1. The predicted octanol–water partition coefficient (Wildman–Crippen LogP) is 4.49. The van der Waals surface area contributed by atoms with E-state index < -0.39 is 0 Å². The minimum Gasteiger partial charge on any atom is -0.369 e. The molecule has 3 heterocycles. The standard InChI is InChI=1S/C23H26ClN5OS2/c24-14-4-6-16(7-5-14)31-13-20-27-22(21-17-2-1-3-18(17)32-23(21)28-20)26-15-8-10-29(11-9-15)12-19(25)30/h4-7,15H,1-3,8-13H2,(H2,25,30)(H,26,27,28). The first kappa shape index (κ1) is 21.9. The van der Waals surface area contributed by atoms with Gasteiger partial charge in [-0.1, -0.05) is 11.6 Å². The fraction of sp³-hybridized carbons (Fsp3) is 0.435. The van der Waals surface area contributed by atoms with Crippen LogP contribution in [0.1, 0.15) is 35.5 Å². The Morgan fingerprint density at radius 3 is 2.75 bits per heavy atom. The molecule has 6 nitrogen and oxygen atoms in total. The van der Waals surface area contributed by atoms with Gasteiger partial charge in [0.2, 0.25) is 5.91 Å². The van der Waals surface area contributed by atoms with Gasteiger partial charge in [-0.05, 0) is 61.9 Å². The van der Waals surface area contributed by atoms with Gasteiger partial charge in [-0.3, -0.25) is 9.69 Å². The van der Waals surface area contributed by atoms with Gasteiger partial charge in [0.25, 0.3) is 0 Å². The summed E-state index contributed by atoms with van der Waals surface area (Å²) in [6, 6.07) is 8.23. The number of carbonyl (C=O) groups is 1. The molecular weight excluding hydrogens is 462 g/mol. The number of primary amides is 1. The second-order valence-corrected chi connectivity index (χ2v) is 11.0. The van der Waals surface area contributed by atoms with Crippen LogP contribution in [-0.4, -0.2) is 46.5 Å². The van der Waals surface area contributed by atoms with Gasteiger partial charge in [-0.15, -0.1) is 23.1 Å². The molecule has 0 saturated carbocycles. The lowest BCUT2D eigenvalue weighted by Gasteiger charge is -2.32. The molecule has 2 aliphatic rings. The Morgan fingerprint density at radius 1 is 1.22 bits per heavy atom. The number of aryl methyl sites for hydroxylation is 2. The molecule has 0 radical (unpaired) electrons. The van der Waals surface area contributed by atoms with Crippen LogP contribution in [0.3, 0.4) is 0 Å². The number of benzene rings is 1. The molecular formula is C23H26ClN5OS2. The predicted molar refractivity (Wildman–Crippen MR) is 133 cm³/mol. The Morgan fingerprint density at radius 2 is 2.00 bits per heavy atom. The molecule has 1 saturated heterocycles. The highest BCUT2D eigenvalue weighted by Crippen LogP contribution is 2.40. The summed E-state index contributed by atoms with van der Waals surface area (Å²) in [5.41, 5.74) is 6.80. The molecule has 0 spiro atoms. The Hall–Kier alpha value is -1.87. The van der Waals surface area contributed by atoms with Gasteiger partial charge < -0.3 is 11.1 Å². The summed E-state index contributed by atoms with van der Waals surface area (Å²) in [5.74, 6) is 2.29. The third kappa shape index (κ3) is 4.88. The second kappa shape index (κ2) is 9.55. The first-order valence-corrected chi connectivity index (χ1v) is 13.2. The largest absolute Gasteiger partial charge is 0.369 e. The zero-order valence-electron chi connectivity index (χ0n) is 17.8. The lowest BCUT2D eigenvalue weighted by Crippen LogP contribution is -2.43. The minimum atomic E-state index is -0.259. The first-order valence-electron chi connectivity index (χ1n) is 11.0. The molecule has 3 aromatic rings. The maximum absolute atomic E-state index is 11.2. The van der Waals surface area contributed by atoms with Crippen molar-refractivity contribution >= 4 is 56.6 Å². The molecule has 168 valence electrons.